The number of hydrogen-bond donors (Lipinski definition) is 1. The molecule has 0 bridgehead atoms. The maximum Gasteiger partial charge on any atom is 0.273 e. The second kappa shape index (κ2) is 6.58. The van der Waals surface area contributed by atoms with Gasteiger partial charge in [0.1, 0.15) is 5.75 Å². The molecule has 2 aromatic rings. The number of benzene rings is 1. The number of methoxy groups -OCH3 is 1. The van der Waals surface area contributed by atoms with Gasteiger partial charge in [-0.25, -0.2) is 0 Å². The quantitative estimate of drug-likeness (QED) is 0.631. The monoisotopic (exact) mass is 306 g/mol. The van der Waals surface area contributed by atoms with Crippen molar-refractivity contribution in [1.82, 2.24) is 0 Å². The maximum atomic E-state index is 10.8. The van der Waals surface area contributed by atoms with E-state index in [2.05, 4.69) is 25.2 Å². The topological polar surface area (TPSA) is 64.4 Å². The van der Waals surface area contributed by atoms with E-state index in [4.69, 9.17) is 4.74 Å². The fourth-order valence-corrected chi connectivity index (χ4v) is 3.06. The van der Waals surface area contributed by atoms with Gasteiger partial charge in [-0.05, 0) is 23.4 Å². The lowest BCUT2D eigenvalue weighted by Crippen LogP contribution is -2.16. The standard InChI is InChI=1S/C15H18N2O3S/c1-10(2)15(14-5-4-8-21-14)16-12-7-6-11(17(18)19)9-13(12)20-3/h4-10,15-16H,1-3H3. The van der Waals surface area contributed by atoms with E-state index in [0.717, 1.165) is 5.69 Å². The van der Waals surface area contributed by atoms with Crippen molar-refractivity contribution in [3.63, 3.8) is 0 Å². The van der Waals surface area contributed by atoms with Crippen LogP contribution in [-0.2, 0) is 0 Å². The first-order valence-corrected chi connectivity index (χ1v) is 7.53. The smallest absolute Gasteiger partial charge is 0.273 e. The third-order valence-electron chi connectivity index (χ3n) is 3.22. The van der Waals surface area contributed by atoms with Crippen LogP contribution in [0.25, 0.3) is 0 Å². The third-order valence-corrected chi connectivity index (χ3v) is 4.18. The summed E-state index contributed by atoms with van der Waals surface area (Å²) in [6, 6.07) is 8.86. The number of hydrogen-bond acceptors (Lipinski definition) is 5. The Hall–Kier alpha value is -2.08. The molecule has 1 aromatic carbocycles. The summed E-state index contributed by atoms with van der Waals surface area (Å²) in [5, 5.41) is 16.3. The molecule has 0 aliphatic carbocycles. The number of nitro benzene ring substituents is 1. The van der Waals surface area contributed by atoms with Gasteiger partial charge in [0.25, 0.3) is 5.69 Å². The third kappa shape index (κ3) is 3.52. The van der Waals surface area contributed by atoms with Crippen molar-refractivity contribution in [3.8, 4) is 5.75 Å². The predicted molar refractivity (Wildman–Crippen MR) is 85.2 cm³/mol. The highest BCUT2D eigenvalue weighted by molar-refractivity contribution is 7.10. The minimum absolute atomic E-state index is 0.0228. The van der Waals surface area contributed by atoms with Crippen molar-refractivity contribution < 1.29 is 9.66 Å². The van der Waals surface area contributed by atoms with Gasteiger partial charge in [0.15, 0.2) is 0 Å². The zero-order chi connectivity index (χ0) is 15.4. The summed E-state index contributed by atoms with van der Waals surface area (Å²) in [4.78, 5) is 11.6. The number of anilines is 1. The lowest BCUT2D eigenvalue weighted by atomic mass is 10.0. The number of nitrogens with one attached hydrogen (secondary N) is 1. The van der Waals surface area contributed by atoms with Crippen LogP contribution >= 0.6 is 11.3 Å². The average molecular weight is 306 g/mol. The van der Waals surface area contributed by atoms with E-state index in [9.17, 15) is 10.1 Å². The molecule has 1 atom stereocenters. The molecule has 5 nitrogen and oxygen atoms in total. The van der Waals surface area contributed by atoms with E-state index in [0.29, 0.717) is 11.7 Å². The maximum absolute atomic E-state index is 10.8. The van der Waals surface area contributed by atoms with Crippen LogP contribution in [0.15, 0.2) is 35.7 Å². The van der Waals surface area contributed by atoms with Crippen molar-refractivity contribution in [2.24, 2.45) is 5.92 Å². The normalized spacial score (nSPS) is 12.2. The molecule has 0 fully saturated rings. The predicted octanol–water partition coefficient (Wildman–Crippen LogP) is 4.47. The number of rotatable bonds is 6. The van der Waals surface area contributed by atoms with Crippen LogP contribution in [0.1, 0.15) is 24.8 Å². The van der Waals surface area contributed by atoms with Crippen LogP contribution < -0.4 is 10.1 Å². The molecule has 1 aromatic heterocycles. The van der Waals surface area contributed by atoms with Gasteiger partial charge in [-0.15, -0.1) is 11.3 Å². The molecule has 1 unspecified atom stereocenters. The van der Waals surface area contributed by atoms with Gasteiger partial charge in [-0.1, -0.05) is 19.9 Å². The number of ether oxygens (including phenoxy) is 1. The Labute approximate surface area is 127 Å². The van der Waals surface area contributed by atoms with Crippen LogP contribution in [0.5, 0.6) is 5.75 Å². The summed E-state index contributed by atoms with van der Waals surface area (Å²) in [5.74, 6) is 0.856. The lowest BCUT2D eigenvalue weighted by Gasteiger charge is -2.23. The van der Waals surface area contributed by atoms with Gasteiger partial charge in [0.05, 0.1) is 29.8 Å². The molecular weight excluding hydrogens is 288 g/mol. The molecule has 0 spiro atoms. The van der Waals surface area contributed by atoms with Crippen LogP contribution in [0.2, 0.25) is 0 Å². The minimum atomic E-state index is -0.425. The van der Waals surface area contributed by atoms with E-state index >= 15 is 0 Å². The van der Waals surface area contributed by atoms with E-state index in [1.807, 2.05) is 11.4 Å². The molecule has 0 saturated heterocycles. The first-order chi connectivity index (χ1) is 10.0. The second-order valence-electron chi connectivity index (χ2n) is 5.02. The van der Waals surface area contributed by atoms with Gasteiger partial charge in [-0.3, -0.25) is 10.1 Å². The first-order valence-electron chi connectivity index (χ1n) is 6.65. The van der Waals surface area contributed by atoms with Gasteiger partial charge in [0, 0.05) is 10.9 Å². The van der Waals surface area contributed by atoms with Crippen molar-refractivity contribution in [1.29, 1.82) is 0 Å². The van der Waals surface area contributed by atoms with Gasteiger partial charge in [0.2, 0.25) is 0 Å². The Morgan fingerprint density at radius 3 is 2.62 bits per heavy atom. The molecule has 0 aliphatic rings. The van der Waals surface area contributed by atoms with Crippen LogP contribution in [0.3, 0.4) is 0 Å². The number of non-ortho nitro benzene ring substituents is 1. The highest BCUT2D eigenvalue weighted by atomic mass is 32.1. The summed E-state index contributed by atoms with van der Waals surface area (Å²) >= 11 is 1.69. The molecule has 0 radical (unpaired) electrons. The zero-order valence-corrected chi connectivity index (χ0v) is 13.0. The van der Waals surface area contributed by atoms with Crippen molar-refractivity contribution in [3.05, 3.63) is 50.7 Å². The fourth-order valence-electron chi connectivity index (χ4n) is 2.11. The first kappa shape index (κ1) is 15.3. The second-order valence-corrected chi connectivity index (χ2v) is 6.00. The Balaban J connectivity index is 2.30. The van der Waals surface area contributed by atoms with E-state index in [1.165, 1.54) is 24.1 Å². The summed E-state index contributed by atoms with van der Waals surface area (Å²) in [5.41, 5.74) is 0.782. The van der Waals surface area contributed by atoms with Gasteiger partial charge >= 0.3 is 0 Å². The average Bonchev–Trinajstić information content (AvgIpc) is 2.97. The van der Waals surface area contributed by atoms with Crippen molar-refractivity contribution in [2.75, 3.05) is 12.4 Å². The minimum Gasteiger partial charge on any atom is -0.494 e. The molecule has 0 saturated carbocycles. The van der Waals surface area contributed by atoms with Crippen molar-refractivity contribution >= 4 is 22.7 Å². The molecule has 2 rings (SSSR count). The highest BCUT2D eigenvalue weighted by Gasteiger charge is 2.19. The zero-order valence-electron chi connectivity index (χ0n) is 12.2. The van der Waals surface area contributed by atoms with Crippen LogP contribution in [0, 0.1) is 16.0 Å². The summed E-state index contributed by atoms with van der Waals surface area (Å²) in [7, 11) is 1.51. The molecule has 21 heavy (non-hydrogen) atoms. The van der Waals surface area contributed by atoms with Gasteiger partial charge in [-0.2, -0.15) is 0 Å². The largest absolute Gasteiger partial charge is 0.494 e. The SMILES string of the molecule is COc1cc([N+](=O)[O-])ccc1NC(c1cccs1)C(C)C. The van der Waals surface area contributed by atoms with Crippen LogP contribution in [0.4, 0.5) is 11.4 Å². The number of nitrogens with zero attached hydrogens (tertiary/aromatic N) is 1. The molecule has 0 aliphatic heterocycles. The van der Waals surface area contributed by atoms with E-state index in [-0.39, 0.29) is 11.7 Å². The molecular formula is C15H18N2O3S. The fraction of sp³-hybridized carbons (Fsp3) is 0.333. The number of nitro groups is 1. The Bertz CT molecular complexity index is 611. The van der Waals surface area contributed by atoms with Gasteiger partial charge < -0.3 is 10.1 Å². The molecule has 1 N–H and O–H groups in total. The molecule has 6 heteroatoms. The highest BCUT2D eigenvalue weighted by Crippen LogP contribution is 2.35. The summed E-state index contributed by atoms with van der Waals surface area (Å²) in [6.07, 6.45) is 0. The van der Waals surface area contributed by atoms with Crippen LogP contribution in [-0.4, -0.2) is 12.0 Å². The van der Waals surface area contributed by atoms with E-state index in [1.54, 1.807) is 17.4 Å². The Morgan fingerprint density at radius 1 is 1.33 bits per heavy atom. The van der Waals surface area contributed by atoms with Crippen molar-refractivity contribution in [2.45, 2.75) is 19.9 Å². The summed E-state index contributed by atoms with van der Waals surface area (Å²) < 4.78 is 5.27. The summed E-state index contributed by atoms with van der Waals surface area (Å²) in [6.45, 7) is 4.27. The molecule has 1 heterocycles. The Morgan fingerprint density at radius 2 is 2.10 bits per heavy atom. The Kier molecular flexibility index (Phi) is 4.80. The number of thiophene rings is 1. The molecule has 0 amide bonds. The molecule has 112 valence electrons. The lowest BCUT2D eigenvalue weighted by molar-refractivity contribution is -0.384. The van der Waals surface area contributed by atoms with E-state index < -0.39 is 4.92 Å².